The normalized spacial score (nSPS) is 14.8. The molecule has 4 nitrogen and oxygen atoms in total. The Bertz CT molecular complexity index is 1390. The maximum absolute atomic E-state index is 13.4. The Morgan fingerprint density at radius 3 is 2.35 bits per heavy atom. The summed E-state index contributed by atoms with van der Waals surface area (Å²) in [7, 11) is 0. The van der Waals surface area contributed by atoms with Gasteiger partial charge in [0.2, 0.25) is 0 Å². The third-order valence-corrected chi connectivity index (χ3v) is 7.82. The van der Waals surface area contributed by atoms with Crippen LogP contribution in [-0.4, -0.2) is 15.9 Å². The average Bonchev–Trinajstić information content (AvgIpc) is 2.86. The molecule has 0 unspecified atom stereocenters. The summed E-state index contributed by atoms with van der Waals surface area (Å²) >= 11 is 11.1. The fourth-order valence-corrected chi connectivity index (χ4v) is 5.59. The van der Waals surface area contributed by atoms with Crippen LogP contribution in [0.25, 0.3) is 10.9 Å². The molecule has 0 bridgehead atoms. The SMILES string of the molecule is O=c1c2cc(Br)ccc2nc(C2CCCCC2)n1N=Cc1ccc(Sc2ccc(Cl)cc2)cc1. The molecule has 0 spiro atoms. The number of aromatic nitrogens is 2. The molecular formula is C27H23BrClN3OS. The lowest BCUT2D eigenvalue weighted by Crippen LogP contribution is -2.25. The Balaban J connectivity index is 1.46. The van der Waals surface area contributed by atoms with Crippen molar-refractivity contribution in [2.75, 3.05) is 0 Å². The highest BCUT2D eigenvalue weighted by Gasteiger charge is 2.22. The van der Waals surface area contributed by atoms with Gasteiger partial charge in [-0.15, -0.1) is 0 Å². The smallest absolute Gasteiger partial charge is 0.267 e. The zero-order valence-corrected chi connectivity index (χ0v) is 21.6. The van der Waals surface area contributed by atoms with E-state index in [0.717, 1.165) is 61.9 Å². The van der Waals surface area contributed by atoms with Gasteiger partial charge in [-0.05, 0) is 73.0 Å². The van der Waals surface area contributed by atoms with E-state index < -0.39 is 0 Å². The van der Waals surface area contributed by atoms with Crippen LogP contribution < -0.4 is 5.56 Å². The van der Waals surface area contributed by atoms with E-state index >= 15 is 0 Å². The van der Waals surface area contributed by atoms with E-state index in [2.05, 4.69) is 33.2 Å². The minimum absolute atomic E-state index is 0.127. The molecule has 1 fully saturated rings. The molecule has 0 N–H and O–H groups in total. The number of nitrogens with zero attached hydrogens (tertiary/aromatic N) is 3. The van der Waals surface area contributed by atoms with Gasteiger partial charge < -0.3 is 0 Å². The summed E-state index contributed by atoms with van der Waals surface area (Å²) in [5, 5.41) is 5.94. The second-order valence-electron chi connectivity index (χ2n) is 8.45. The fraction of sp³-hybridized carbons (Fsp3) is 0.222. The number of hydrogen-bond donors (Lipinski definition) is 0. The lowest BCUT2D eigenvalue weighted by molar-refractivity contribution is 0.416. The molecule has 7 heteroatoms. The van der Waals surface area contributed by atoms with Crippen molar-refractivity contribution in [2.45, 2.75) is 47.8 Å². The second-order valence-corrected chi connectivity index (χ2v) is 11.0. The Hall–Kier alpha value is -2.41. The molecule has 0 radical (unpaired) electrons. The van der Waals surface area contributed by atoms with E-state index in [9.17, 15) is 4.79 Å². The average molecular weight is 553 g/mol. The van der Waals surface area contributed by atoms with E-state index in [1.165, 1.54) is 11.1 Å². The Labute approximate surface area is 216 Å². The van der Waals surface area contributed by atoms with E-state index in [-0.39, 0.29) is 11.5 Å². The summed E-state index contributed by atoms with van der Waals surface area (Å²) in [5.41, 5.74) is 1.53. The third-order valence-electron chi connectivity index (χ3n) is 6.06. The predicted octanol–water partition coefficient (Wildman–Crippen LogP) is 7.89. The van der Waals surface area contributed by atoms with Crippen molar-refractivity contribution in [3.05, 3.63) is 98.0 Å². The highest BCUT2D eigenvalue weighted by Crippen LogP contribution is 2.32. The zero-order valence-electron chi connectivity index (χ0n) is 18.5. The molecule has 0 amide bonds. The Morgan fingerprint density at radius 1 is 0.971 bits per heavy atom. The molecule has 1 heterocycles. The standard InChI is InChI=1S/C27H23BrClN3OS/c28-20-8-15-25-24(16-20)27(33)32(26(31-25)19-4-2-1-3-5-19)30-17-18-6-11-22(12-7-18)34-23-13-9-21(29)10-14-23/h6-17,19H,1-5H2. The van der Waals surface area contributed by atoms with Crippen molar-refractivity contribution in [1.29, 1.82) is 0 Å². The van der Waals surface area contributed by atoms with Crippen molar-refractivity contribution in [1.82, 2.24) is 9.66 Å². The van der Waals surface area contributed by atoms with Crippen LogP contribution in [0, 0.1) is 0 Å². The predicted molar refractivity (Wildman–Crippen MR) is 145 cm³/mol. The molecule has 5 rings (SSSR count). The van der Waals surface area contributed by atoms with E-state index in [0.29, 0.717) is 5.39 Å². The highest BCUT2D eigenvalue weighted by atomic mass is 79.9. The summed E-state index contributed by atoms with van der Waals surface area (Å²) in [6.45, 7) is 0. The minimum Gasteiger partial charge on any atom is -0.267 e. The van der Waals surface area contributed by atoms with Gasteiger partial charge in [0.15, 0.2) is 0 Å². The second kappa shape index (κ2) is 10.5. The molecule has 1 aromatic heterocycles. The van der Waals surface area contributed by atoms with Crippen LogP contribution >= 0.6 is 39.3 Å². The lowest BCUT2D eigenvalue weighted by Gasteiger charge is -2.22. The van der Waals surface area contributed by atoms with Gasteiger partial charge in [0.1, 0.15) is 5.82 Å². The topological polar surface area (TPSA) is 47.2 Å². The largest absolute Gasteiger partial charge is 0.282 e. The first-order chi connectivity index (χ1) is 16.6. The van der Waals surface area contributed by atoms with Crippen LogP contribution in [0.5, 0.6) is 0 Å². The molecule has 0 saturated heterocycles. The molecule has 1 saturated carbocycles. The van der Waals surface area contributed by atoms with Crippen molar-refractivity contribution in [3.8, 4) is 0 Å². The quantitative estimate of drug-likeness (QED) is 0.236. The number of hydrogen-bond acceptors (Lipinski definition) is 4. The maximum Gasteiger partial charge on any atom is 0.282 e. The van der Waals surface area contributed by atoms with Crippen LogP contribution in [0.4, 0.5) is 0 Å². The molecule has 0 aliphatic heterocycles. The summed E-state index contributed by atoms with van der Waals surface area (Å²) in [5.74, 6) is 1.02. The number of halogens is 2. The van der Waals surface area contributed by atoms with E-state index in [1.807, 2.05) is 54.6 Å². The van der Waals surface area contributed by atoms with Gasteiger partial charge in [-0.3, -0.25) is 4.79 Å². The molecule has 1 aliphatic rings. The van der Waals surface area contributed by atoms with Crippen molar-refractivity contribution in [2.24, 2.45) is 5.10 Å². The van der Waals surface area contributed by atoms with Crippen LogP contribution in [0.3, 0.4) is 0 Å². The Kier molecular flexibility index (Phi) is 7.18. The zero-order chi connectivity index (χ0) is 23.5. The van der Waals surface area contributed by atoms with Gasteiger partial charge in [0.05, 0.1) is 17.1 Å². The van der Waals surface area contributed by atoms with Crippen LogP contribution in [-0.2, 0) is 0 Å². The van der Waals surface area contributed by atoms with Crippen LogP contribution in [0.15, 0.2) is 90.9 Å². The van der Waals surface area contributed by atoms with Crippen LogP contribution in [0.2, 0.25) is 5.02 Å². The van der Waals surface area contributed by atoms with Gasteiger partial charge in [-0.1, -0.05) is 70.7 Å². The first kappa shape index (κ1) is 23.3. The maximum atomic E-state index is 13.4. The number of fused-ring (bicyclic) bond motifs is 1. The summed E-state index contributed by atoms with van der Waals surface area (Å²) in [6, 6.07) is 21.6. The van der Waals surface area contributed by atoms with Crippen molar-refractivity contribution < 1.29 is 0 Å². The molecule has 172 valence electrons. The molecule has 0 atom stereocenters. The van der Waals surface area contributed by atoms with Crippen LogP contribution in [0.1, 0.15) is 49.4 Å². The third kappa shape index (κ3) is 5.29. The van der Waals surface area contributed by atoms with E-state index in [4.69, 9.17) is 16.6 Å². The number of rotatable bonds is 5. The summed E-state index contributed by atoms with van der Waals surface area (Å²) in [6.07, 6.45) is 7.40. The van der Waals surface area contributed by atoms with Gasteiger partial charge in [-0.25, -0.2) is 4.98 Å². The highest BCUT2D eigenvalue weighted by molar-refractivity contribution is 9.10. The van der Waals surface area contributed by atoms with Gasteiger partial charge in [-0.2, -0.15) is 9.78 Å². The van der Waals surface area contributed by atoms with Gasteiger partial charge >= 0.3 is 0 Å². The summed E-state index contributed by atoms with van der Waals surface area (Å²) < 4.78 is 2.37. The van der Waals surface area contributed by atoms with Gasteiger partial charge in [0.25, 0.3) is 5.56 Å². The monoisotopic (exact) mass is 551 g/mol. The molecular weight excluding hydrogens is 530 g/mol. The molecule has 4 aromatic rings. The fourth-order valence-electron chi connectivity index (χ4n) is 4.29. The van der Waals surface area contributed by atoms with E-state index in [1.54, 1.807) is 18.0 Å². The lowest BCUT2D eigenvalue weighted by atomic mass is 9.88. The molecule has 34 heavy (non-hydrogen) atoms. The minimum atomic E-state index is -0.127. The molecule has 1 aliphatic carbocycles. The molecule has 3 aromatic carbocycles. The Morgan fingerprint density at radius 2 is 1.65 bits per heavy atom. The van der Waals surface area contributed by atoms with Gasteiger partial charge in [0, 0.05) is 25.2 Å². The van der Waals surface area contributed by atoms with Crippen molar-refractivity contribution in [3.63, 3.8) is 0 Å². The summed E-state index contributed by atoms with van der Waals surface area (Å²) in [4.78, 5) is 20.6. The number of benzene rings is 3. The van der Waals surface area contributed by atoms with Crippen molar-refractivity contribution >= 4 is 56.4 Å². The first-order valence-corrected chi connectivity index (χ1v) is 13.4. The first-order valence-electron chi connectivity index (χ1n) is 11.4.